The maximum absolute atomic E-state index is 12.0. The molecule has 1 aromatic carbocycles. The van der Waals surface area contributed by atoms with Gasteiger partial charge >= 0.3 is 0 Å². The van der Waals surface area contributed by atoms with Crippen molar-refractivity contribution in [2.24, 2.45) is 0 Å². The zero-order valence-electron chi connectivity index (χ0n) is 11.7. The molecule has 1 aliphatic rings. The summed E-state index contributed by atoms with van der Waals surface area (Å²) in [6, 6.07) is 5.83. The minimum atomic E-state index is 0.127. The van der Waals surface area contributed by atoms with E-state index in [2.05, 4.69) is 6.92 Å². The maximum atomic E-state index is 12.0. The third-order valence-corrected chi connectivity index (χ3v) is 3.50. The van der Waals surface area contributed by atoms with E-state index >= 15 is 0 Å². The molecule has 0 bridgehead atoms. The number of nitrogens with zero attached hydrogens (tertiary/aromatic N) is 1. The summed E-state index contributed by atoms with van der Waals surface area (Å²) in [6.45, 7) is 5.35. The first-order valence-electron chi connectivity index (χ1n) is 6.96. The summed E-state index contributed by atoms with van der Waals surface area (Å²) in [7, 11) is 0. The van der Waals surface area contributed by atoms with E-state index in [0.717, 1.165) is 36.4 Å². The predicted octanol–water partition coefficient (Wildman–Crippen LogP) is 2.22. The van der Waals surface area contributed by atoms with E-state index in [1.807, 2.05) is 30.0 Å². The molecule has 4 heteroatoms. The highest BCUT2D eigenvalue weighted by Gasteiger charge is 2.27. The van der Waals surface area contributed by atoms with Gasteiger partial charge in [-0.3, -0.25) is 4.79 Å². The van der Waals surface area contributed by atoms with Crippen LogP contribution in [0.4, 0.5) is 5.69 Å². The lowest BCUT2D eigenvalue weighted by molar-refractivity contribution is -0.134. The summed E-state index contributed by atoms with van der Waals surface area (Å²) < 4.78 is 5.76. The quantitative estimate of drug-likeness (QED) is 0.846. The fraction of sp³-hybridized carbons (Fsp3) is 0.533. The number of carbonyl (C=O) groups is 1. The van der Waals surface area contributed by atoms with Crippen molar-refractivity contribution in [1.82, 2.24) is 4.90 Å². The monoisotopic (exact) mass is 262 g/mol. The van der Waals surface area contributed by atoms with Gasteiger partial charge in [0.25, 0.3) is 0 Å². The summed E-state index contributed by atoms with van der Waals surface area (Å²) in [5, 5.41) is 0. The molecule has 1 aromatic rings. The molecule has 1 heterocycles. The van der Waals surface area contributed by atoms with Crippen LogP contribution in [-0.2, 0) is 11.2 Å². The zero-order chi connectivity index (χ0) is 13.8. The smallest absolute Gasteiger partial charge is 0.222 e. The molecule has 19 heavy (non-hydrogen) atoms. The van der Waals surface area contributed by atoms with Gasteiger partial charge in [-0.2, -0.15) is 0 Å². The Bertz CT molecular complexity index is 459. The van der Waals surface area contributed by atoms with Gasteiger partial charge < -0.3 is 15.4 Å². The Morgan fingerprint density at radius 2 is 2.26 bits per heavy atom. The average Bonchev–Trinajstić information content (AvgIpc) is 2.43. The largest absolute Gasteiger partial charge is 0.491 e. The van der Waals surface area contributed by atoms with E-state index in [4.69, 9.17) is 10.5 Å². The van der Waals surface area contributed by atoms with Crippen molar-refractivity contribution in [3.8, 4) is 5.75 Å². The second kappa shape index (κ2) is 5.95. The first-order chi connectivity index (χ1) is 9.15. The van der Waals surface area contributed by atoms with Crippen molar-refractivity contribution in [2.75, 3.05) is 18.9 Å². The Morgan fingerprint density at radius 1 is 1.47 bits per heavy atom. The van der Waals surface area contributed by atoms with Gasteiger partial charge in [0.2, 0.25) is 5.91 Å². The molecule has 2 N–H and O–H groups in total. The lowest BCUT2D eigenvalue weighted by atomic mass is 10.0. The van der Waals surface area contributed by atoms with Crippen molar-refractivity contribution in [3.63, 3.8) is 0 Å². The van der Waals surface area contributed by atoms with Gasteiger partial charge in [-0.25, -0.2) is 0 Å². The molecule has 0 saturated heterocycles. The number of amides is 1. The summed E-state index contributed by atoms with van der Waals surface area (Å²) in [4.78, 5) is 14.0. The standard InChI is InChI=1S/C15H22N2O2/c1-3-7-17(15(18)4-2)13-9-11-8-12(16)5-6-14(11)19-10-13/h5-6,8,13H,3-4,7,9-10,16H2,1-2H3/t13-/m1/s1. The molecule has 0 fully saturated rings. The zero-order valence-corrected chi connectivity index (χ0v) is 11.7. The highest BCUT2D eigenvalue weighted by atomic mass is 16.5. The van der Waals surface area contributed by atoms with Crippen LogP contribution < -0.4 is 10.5 Å². The molecule has 0 aromatic heterocycles. The first kappa shape index (κ1) is 13.7. The topological polar surface area (TPSA) is 55.6 Å². The molecule has 0 aliphatic carbocycles. The molecular weight excluding hydrogens is 240 g/mol. The molecule has 1 aliphatic heterocycles. The van der Waals surface area contributed by atoms with Crippen LogP contribution in [0.15, 0.2) is 18.2 Å². The van der Waals surface area contributed by atoms with Gasteiger partial charge in [-0.1, -0.05) is 13.8 Å². The van der Waals surface area contributed by atoms with Gasteiger partial charge in [-0.05, 0) is 36.6 Å². The fourth-order valence-electron chi connectivity index (χ4n) is 2.55. The van der Waals surface area contributed by atoms with Crippen molar-refractivity contribution in [3.05, 3.63) is 23.8 Å². The minimum Gasteiger partial charge on any atom is -0.491 e. The molecule has 0 saturated carbocycles. The van der Waals surface area contributed by atoms with Crippen LogP contribution in [0.5, 0.6) is 5.75 Å². The first-order valence-corrected chi connectivity index (χ1v) is 6.96. The van der Waals surface area contributed by atoms with Crippen LogP contribution in [0.3, 0.4) is 0 Å². The number of ether oxygens (including phenoxy) is 1. The van der Waals surface area contributed by atoms with Crippen LogP contribution >= 0.6 is 0 Å². The van der Waals surface area contributed by atoms with Crippen LogP contribution in [0.1, 0.15) is 32.3 Å². The van der Waals surface area contributed by atoms with Gasteiger partial charge in [0.1, 0.15) is 12.4 Å². The molecule has 0 unspecified atom stereocenters. The molecular formula is C15H22N2O2. The fourth-order valence-corrected chi connectivity index (χ4v) is 2.55. The Kier molecular flexibility index (Phi) is 4.30. The molecule has 1 atom stereocenters. The number of carbonyl (C=O) groups excluding carboxylic acids is 1. The number of rotatable bonds is 4. The molecule has 4 nitrogen and oxygen atoms in total. The Morgan fingerprint density at radius 3 is 2.95 bits per heavy atom. The van der Waals surface area contributed by atoms with Crippen LogP contribution in [0.2, 0.25) is 0 Å². The predicted molar refractivity (Wildman–Crippen MR) is 76.1 cm³/mol. The second-order valence-electron chi connectivity index (χ2n) is 4.98. The van der Waals surface area contributed by atoms with Crippen molar-refractivity contribution in [2.45, 2.75) is 39.2 Å². The van der Waals surface area contributed by atoms with Gasteiger partial charge in [-0.15, -0.1) is 0 Å². The normalized spacial score (nSPS) is 17.5. The van der Waals surface area contributed by atoms with Crippen LogP contribution in [-0.4, -0.2) is 30.0 Å². The van der Waals surface area contributed by atoms with E-state index in [-0.39, 0.29) is 11.9 Å². The lowest BCUT2D eigenvalue weighted by Gasteiger charge is -2.35. The third-order valence-electron chi connectivity index (χ3n) is 3.50. The van der Waals surface area contributed by atoms with Crippen LogP contribution in [0, 0.1) is 0 Å². The number of hydrogen-bond donors (Lipinski definition) is 1. The van der Waals surface area contributed by atoms with Crippen molar-refractivity contribution < 1.29 is 9.53 Å². The highest BCUT2D eigenvalue weighted by molar-refractivity contribution is 5.76. The molecule has 0 radical (unpaired) electrons. The van der Waals surface area contributed by atoms with Crippen molar-refractivity contribution >= 4 is 11.6 Å². The Balaban J connectivity index is 2.16. The van der Waals surface area contributed by atoms with E-state index in [1.165, 1.54) is 0 Å². The Hall–Kier alpha value is -1.71. The number of fused-ring (bicyclic) bond motifs is 1. The maximum Gasteiger partial charge on any atom is 0.222 e. The van der Waals surface area contributed by atoms with Crippen LogP contribution in [0.25, 0.3) is 0 Å². The number of nitrogen functional groups attached to an aromatic ring is 1. The third kappa shape index (κ3) is 3.00. The van der Waals surface area contributed by atoms with E-state index in [9.17, 15) is 4.79 Å². The van der Waals surface area contributed by atoms with E-state index in [0.29, 0.717) is 13.0 Å². The summed E-state index contributed by atoms with van der Waals surface area (Å²) >= 11 is 0. The summed E-state index contributed by atoms with van der Waals surface area (Å²) in [6.07, 6.45) is 2.33. The SMILES string of the molecule is CCCN(C(=O)CC)[C@H]1COc2ccc(N)cc2C1. The number of nitrogens with two attached hydrogens (primary N) is 1. The highest BCUT2D eigenvalue weighted by Crippen LogP contribution is 2.28. The van der Waals surface area contributed by atoms with Gasteiger partial charge in [0.15, 0.2) is 0 Å². The Labute approximate surface area is 114 Å². The van der Waals surface area contributed by atoms with E-state index < -0.39 is 0 Å². The minimum absolute atomic E-state index is 0.127. The number of anilines is 1. The summed E-state index contributed by atoms with van der Waals surface area (Å²) in [5.41, 5.74) is 7.65. The second-order valence-corrected chi connectivity index (χ2v) is 4.98. The summed E-state index contributed by atoms with van der Waals surface area (Å²) in [5.74, 6) is 1.09. The van der Waals surface area contributed by atoms with Gasteiger partial charge in [0, 0.05) is 18.7 Å². The molecule has 2 rings (SSSR count). The van der Waals surface area contributed by atoms with E-state index in [1.54, 1.807) is 0 Å². The molecule has 1 amide bonds. The van der Waals surface area contributed by atoms with Crippen molar-refractivity contribution in [1.29, 1.82) is 0 Å². The molecule has 0 spiro atoms. The average molecular weight is 262 g/mol. The lowest BCUT2D eigenvalue weighted by Crippen LogP contribution is -2.46. The molecule has 104 valence electrons. The number of hydrogen-bond acceptors (Lipinski definition) is 3. The van der Waals surface area contributed by atoms with Gasteiger partial charge in [0.05, 0.1) is 6.04 Å². The number of benzene rings is 1.